The zero-order chi connectivity index (χ0) is 17.2. The van der Waals surface area contributed by atoms with E-state index in [0.29, 0.717) is 11.6 Å². The lowest BCUT2D eigenvalue weighted by molar-refractivity contribution is 0.402. The van der Waals surface area contributed by atoms with E-state index < -0.39 is 10.0 Å². The van der Waals surface area contributed by atoms with E-state index in [9.17, 15) is 8.42 Å². The van der Waals surface area contributed by atoms with Crippen molar-refractivity contribution in [1.82, 2.24) is 14.3 Å². The molecule has 0 saturated heterocycles. The molecule has 3 aromatic rings. The summed E-state index contributed by atoms with van der Waals surface area (Å²) < 4.78 is 34.5. The number of imidazole rings is 1. The number of hydrogen-bond acceptors (Lipinski definition) is 4. The lowest BCUT2D eigenvalue weighted by Gasteiger charge is -2.11. The van der Waals surface area contributed by atoms with Crippen LogP contribution in [0.5, 0.6) is 5.75 Å². The van der Waals surface area contributed by atoms with Gasteiger partial charge in [-0.15, -0.1) is 0 Å². The van der Waals surface area contributed by atoms with Crippen LogP contribution in [-0.4, -0.2) is 31.6 Å². The quantitative estimate of drug-likeness (QED) is 0.728. The van der Waals surface area contributed by atoms with Crippen molar-refractivity contribution < 1.29 is 13.2 Å². The average Bonchev–Trinajstić information content (AvgIpc) is 2.98. The lowest BCUT2D eigenvalue weighted by Crippen LogP contribution is -2.27. The fourth-order valence-electron chi connectivity index (χ4n) is 2.43. The fraction of sp³-hybridized carbons (Fsp3) is 0.188. The largest absolute Gasteiger partial charge is 0.495 e. The summed E-state index contributed by atoms with van der Waals surface area (Å²) in [6.07, 6.45) is 1.69. The smallest absolute Gasteiger partial charge is 0.244 e. The summed E-state index contributed by atoms with van der Waals surface area (Å²) in [6.45, 7) is 0.682. The van der Waals surface area contributed by atoms with E-state index in [4.69, 9.17) is 16.3 Å². The third kappa shape index (κ3) is 3.38. The van der Waals surface area contributed by atoms with Crippen LogP contribution in [-0.2, 0) is 16.6 Å². The van der Waals surface area contributed by atoms with Crippen LogP contribution in [0.25, 0.3) is 11.0 Å². The highest BCUT2D eigenvalue weighted by molar-refractivity contribution is 7.89. The Morgan fingerprint density at radius 1 is 1.25 bits per heavy atom. The molecule has 0 saturated carbocycles. The first-order valence-electron chi connectivity index (χ1n) is 7.24. The first-order chi connectivity index (χ1) is 11.5. The van der Waals surface area contributed by atoms with Crippen LogP contribution in [0, 0.1) is 0 Å². The third-order valence-corrected chi connectivity index (χ3v) is 5.30. The molecule has 8 heteroatoms. The van der Waals surface area contributed by atoms with E-state index in [2.05, 4.69) is 9.71 Å². The van der Waals surface area contributed by atoms with Gasteiger partial charge in [0.05, 0.1) is 24.5 Å². The maximum absolute atomic E-state index is 12.5. The van der Waals surface area contributed by atoms with Crippen molar-refractivity contribution in [2.45, 2.75) is 11.4 Å². The summed E-state index contributed by atoms with van der Waals surface area (Å²) in [5, 5.41) is 0.330. The van der Waals surface area contributed by atoms with Gasteiger partial charge in [-0.3, -0.25) is 0 Å². The van der Waals surface area contributed by atoms with Gasteiger partial charge in [0, 0.05) is 18.1 Å². The van der Waals surface area contributed by atoms with Crippen LogP contribution >= 0.6 is 11.6 Å². The summed E-state index contributed by atoms with van der Waals surface area (Å²) in [5.41, 5.74) is 1.83. The van der Waals surface area contributed by atoms with Crippen molar-refractivity contribution in [1.29, 1.82) is 0 Å². The fourth-order valence-corrected chi connectivity index (χ4v) is 3.88. The number of nitrogens with one attached hydrogen (secondary N) is 1. The molecular weight excluding hydrogens is 350 g/mol. The molecular formula is C16H16ClN3O3S. The summed E-state index contributed by atoms with van der Waals surface area (Å²) in [4.78, 5) is 4.30. The molecule has 0 bridgehead atoms. The Labute approximate surface area is 145 Å². The topological polar surface area (TPSA) is 73.2 Å². The van der Waals surface area contributed by atoms with Gasteiger partial charge in [-0.25, -0.2) is 18.1 Å². The summed E-state index contributed by atoms with van der Waals surface area (Å²) in [7, 11) is -2.31. The zero-order valence-electron chi connectivity index (χ0n) is 12.9. The molecule has 2 aromatic carbocycles. The van der Waals surface area contributed by atoms with E-state index in [1.807, 2.05) is 28.8 Å². The van der Waals surface area contributed by atoms with Gasteiger partial charge in [0.25, 0.3) is 0 Å². The molecule has 0 atom stereocenters. The van der Waals surface area contributed by atoms with Gasteiger partial charge >= 0.3 is 0 Å². The van der Waals surface area contributed by atoms with E-state index >= 15 is 0 Å². The second-order valence-electron chi connectivity index (χ2n) is 5.12. The number of nitrogens with zero attached hydrogens (tertiary/aromatic N) is 2. The van der Waals surface area contributed by atoms with Gasteiger partial charge in [-0.05, 0) is 30.3 Å². The molecule has 3 rings (SSSR count). The molecule has 0 aliphatic carbocycles. The van der Waals surface area contributed by atoms with Gasteiger partial charge in [-0.2, -0.15) is 0 Å². The van der Waals surface area contributed by atoms with Crippen LogP contribution < -0.4 is 9.46 Å². The zero-order valence-corrected chi connectivity index (χ0v) is 14.5. The van der Waals surface area contributed by atoms with Crippen molar-refractivity contribution in [3.8, 4) is 5.75 Å². The minimum Gasteiger partial charge on any atom is -0.495 e. The number of sulfonamides is 1. The van der Waals surface area contributed by atoms with E-state index in [-0.39, 0.29) is 17.2 Å². The SMILES string of the molecule is COc1ccc(Cl)cc1S(=O)(=O)NCCn1cnc2ccccc21. The number of benzene rings is 2. The number of halogens is 1. The molecule has 0 amide bonds. The Morgan fingerprint density at radius 2 is 2.04 bits per heavy atom. The Hall–Kier alpha value is -2.09. The normalized spacial score (nSPS) is 11.8. The van der Waals surface area contributed by atoms with Crippen LogP contribution in [0.2, 0.25) is 5.02 Å². The molecule has 0 aliphatic rings. The van der Waals surface area contributed by atoms with Gasteiger partial charge in [0.15, 0.2) is 0 Å². The molecule has 0 fully saturated rings. The minimum atomic E-state index is -3.73. The van der Waals surface area contributed by atoms with Crippen LogP contribution in [0.3, 0.4) is 0 Å². The second-order valence-corrected chi connectivity index (χ2v) is 7.29. The summed E-state index contributed by atoms with van der Waals surface area (Å²) in [6, 6.07) is 12.2. The molecule has 0 radical (unpaired) electrons. The number of ether oxygens (including phenoxy) is 1. The monoisotopic (exact) mass is 365 g/mol. The van der Waals surface area contributed by atoms with Crippen LogP contribution in [0.15, 0.2) is 53.7 Å². The number of methoxy groups -OCH3 is 1. The molecule has 0 aliphatic heterocycles. The van der Waals surface area contributed by atoms with Gasteiger partial charge in [-0.1, -0.05) is 23.7 Å². The van der Waals surface area contributed by atoms with Crippen molar-refractivity contribution in [2.75, 3.05) is 13.7 Å². The Kier molecular flexibility index (Phi) is 4.75. The standard InChI is InChI=1S/C16H16ClN3O3S/c1-23-15-7-6-12(17)10-16(15)24(21,22)19-8-9-20-11-18-13-4-2-3-5-14(13)20/h2-7,10-11,19H,8-9H2,1H3. The highest BCUT2D eigenvalue weighted by Gasteiger charge is 2.19. The molecule has 6 nitrogen and oxygen atoms in total. The third-order valence-electron chi connectivity index (χ3n) is 3.59. The maximum atomic E-state index is 12.5. The van der Waals surface area contributed by atoms with Crippen LogP contribution in [0.4, 0.5) is 0 Å². The molecule has 24 heavy (non-hydrogen) atoms. The van der Waals surface area contributed by atoms with E-state index in [0.717, 1.165) is 11.0 Å². The number of fused-ring (bicyclic) bond motifs is 1. The lowest BCUT2D eigenvalue weighted by atomic mass is 10.3. The van der Waals surface area contributed by atoms with Crippen molar-refractivity contribution in [3.63, 3.8) is 0 Å². The predicted molar refractivity (Wildman–Crippen MR) is 92.9 cm³/mol. The van der Waals surface area contributed by atoms with Gasteiger partial charge in [0.2, 0.25) is 10.0 Å². The first kappa shape index (κ1) is 16.8. The average molecular weight is 366 g/mol. The maximum Gasteiger partial charge on any atom is 0.244 e. The summed E-state index contributed by atoms with van der Waals surface area (Å²) >= 11 is 5.90. The number of rotatable bonds is 6. The number of para-hydroxylation sites is 2. The molecule has 0 spiro atoms. The first-order valence-corrected chi connectivity index (χ1v) is 9.10. The summed E-state index contributed by atoms with van der Waals surface area (Å²) in [5.74, 6) is 0.250. The molecule has 126 valence electrons. The van der Waals surface area contributed by atoms with Gasteiger partial charge in [0.1, 0.15) is 10.6 Å². The highest BCUT2D eigenvalue weighted by Crippen LogP contribution is 2.26. The minimum absolute atomic E-state index is 0.0213. The van der Waals surface area contributed by atoms with E-state index in [1.165, 1.54) is 19.2 Å². The Bertz CT molecular complexity index is 970. The van der Waals surface area contributed by atoms with Crippen LogP contribution in [0.1, 0.15) is 0 Å². The van der Waals surface area contributed by atoms with Crippen molar-refractivity contribution in [2.24, 2.45) is 0 Å². The highest BCUT2D eigenvalue weighted by atomic mass is 35.5. The predicted octanol–water partition coefficient (Wildman–Crippen LogP) is 2.68. The molecule has 1 aromatic heterocycles. The molecule has 1 heterocycles. The Balaban J connectivity index is 1.75. The Morgan fingerprint density at radius 3 is 2.83 bits per heavy atom. The second kappa shape index (κ2) is 6.80. The number of hydrogen-bond donors (Lipinski definition) is 1. The molecule has 1 N–H and O–H groups in total. The van der Waals surface area contributed by atoms with Gasteiger partial charge < -0.3 is 9.30 Å². The molecule has 0 unspecified atom stereocenters. The van der Waals surface area contributed by atoms with Crippen molar-refractivity contribution >= 4 is 32.7 Å². The number of aromatic nitrogens is 2. The van der Waals surface area contributed by atoms with Crippen molar-refractivity contribution in [3.05, 3.63) is 53.8 Å². The van der Waals surface area contributed by atoms with E-state index in [1.54, 1.807) is 12.4 Å².